The number of carboxylic acid groups (broad SMARTS) is 1. The largest absolute Gasteiger partial charge is 0.481 e. The summed E-state index contributed by atoms with van der Waals surface area (Å²) in [6, 6.07) is 0. The van der Waals surface area contributed by atoms with E-state index in [-0.39, 0.29) is 0 Å². The van der Waals surface area contributed by atoms with E-state index in [1.165, 1.54) is 12.4 Å². The lowest BCUT2D eigenvalue weighted by Crippen LogP contribution is -2.39. The van der Waals surface area contributed by atoms with Gasteiger partial charge in [0.25, 0.3) is 0 Å². The summed E-state index contributed by atoms with van der Waals surface area (Å²) >= 11 is 5.64. The fourth-order valence-electron chi connectivity index (χ4n) is 2.01. The predicted molar refractivity (Wildman–Crippen MR) is 60.9 cm³/mol. The SMILES string of the molecule is O=C(O)C1(Cc2cnc(Cl)cn2)CCOCC1. The van der Waals surface area contributed by atoms with Gasteiger partial charge in [-0.25, -0.2) is 4.98 Å². The molecule has 92 valence electrons. The van der Waals surface area contributed by atoms with Crippen molar-refractivity contribution in [3.8, 4) is 0 Å². The molecule has 1 aromatic rings. The molecule has 1 aliphatic heterocycles. The van der Waals surface area contributed by atoms with Crippen molar-refractivity contribution in [1.29, 1.82) is 0 Å². The highest BCUT2D eigenvalue weighted by atomic mass is 35.5. The summed E-state index contributed by atoms with van der Waals surface area (Å²) in [4.78, 5) is 19.4. The fourth-order valence-corrected chi connectivity index (χ4v) is 2.10. The minimum Gasteiger partial charge on any atom is -0.481 e. The maximum Gasteiger partial charge on any atom is 0.310 e. The Hall–Kier alpha value is -1.20. The first-order chi connectivity index (χ1) is 8.12. The van der Waals surface area contributed by atoms with Gasteiger partial charge in [-0.15, -0.1) is 0 Å². The molecule has 0 radical (unpaired) electrons. The van der Waals surface area contributed by atoms with Crippen molar-refractivity contribution in [2.45, 2.75) is 19.3 Å². The average molecular weight is 257 g/mol. The molecule has 0 bridgehead atoms. The van der Waals surface area contributed by atoms with Gasteiger partial charge < -0.3 is 9.84 Å². The van der Waals surface area contributed by atoms with Gasteiger partial charge in [0.1, 0.15) is 5.15 Å². The monoisotopic (exact) mass is 256 g/mol. The molecule has 5 nitrogen and oxygen atoms in total. The van der Waals surface area contributed by atoms with Crippen molar-refractivity contribution in [1.82, 2.24) is 9.97 Å². The van der Waals surface area contributed by atoms with E-state index in [0.29, 0.717) is 43.3 Å². The molecule has 0 aromatic carbocycles. The van der Waals surface area contributed by atoms with E-state index in [9.17, 15) is 9.90 Å². The summed E-state index contributed by atoms with van der Waals surface area (Å²) in [5, 5.41) is 9.69. The lowest BCUT2D eigenvalue weighted by molar-refractivity contribution is -0.154. The molecular formula is C11H13ClN2O3. The first kappa shape index (κ1) is 12.3. The van der Waals surface area contributed by atoms with Gasteiger partial charge in [-0.3, -0.25) is 9.78 Å². The maximum atomic E-state index is 11.4. The Morgan fingerprint density at radius 2 is 2.12 bits per heavy atom. The van der Waals surface area contributed by atoms with Gasteiger partial charge in [-0.05, 0) is 12.8 Å². The number of carbonyl (C=O) groups is 1. The Morgan fingerprint density at radius 3 is 2.65 bits per heavy atom. The lowest BCUT2D eigenvalue weighted by Gasteiger charge is -2.32. The zero-order valence-corrected chi connectivity index (χ0v) is 9.98. The molecule has 1 fully saturated rings. The third-order valence-electron chi connectivity index (χ3n) is 3.10. The van der Waals surface area contributed by atoms with E-state index in [2.05, 4.69) is 9.97 Å². The number of hydrogen-bond acceptors (Lipinski definition) is 4. The molecule has 17 heavy (non-hydrogen) atoms. The van der Waals surface area contributed by atoms with Gasteiger partial charge in [0.2, 0.25) is 0 Å². The number of carboxylic acids is 1. The fraction of sp³-hybridized carbons (Fsp3) is 0.545. The molecule has 2 heterocycles. The van der Waals surface area contributed by atoms with Gasteiger partial charge in [-0.2, -0.15) is 0 Å². The van der Waals surface area contributed by atoms with E-state index >= 15 is 0 Å². The highest BCUT2D eigenvalue weighted by Crippen LogP contribution is 2.34. The van der Waals surface area contributed by atoms with E-state index in [0.717, 1.165) is 0 Å². The van der Waals surface area contributed by atoms with Gasteiger partial charge >= 0.3 is 5.97 Å². The lowest BCUT2D eigenvalue weighted by atomic mass is 9.76. The van der Waals surface area contributed by atoms with E-state index in [1.54, 1.807) is 0 Å². The van der Waals surface area contributed by atoms with Crippen LogP contribution in [0.2, 0.25) is 5.15 Å². The summed E-state index contributed by atoms with van der Waals surface area (Å²) in [6.45, 7) is 0.959. The molecule has 1 aliphatic rings. The second-order valence-corrected chi connectivity index (χ2v) is 4.59. The topological polar surface area (TPSA) is 72.3 Å². The molecule has 1 N–H and O–H groups in total. The smallest absolute Gasteiger partial charge is 0.310 e. The van der Waals surface area contributed by atoms with Crippen LogP contribution in [-0.2, 0) is 16.0 Å². The van der Waals surface area contributed by atoms with Gasteiger partial charge in [0, 0.05) is 19.6 Å². The summed E-state index contributed by atoms with van der Waals surface area (Å²) in [7, 11) is 0. The van der Waals surface area contributed by atoms with Crippen molar-refractivity contribution < 1.29 is 14.6 Å². The standard InChI is InChI=1S/C11H13ClN2O3/c12-9-7-13-8(6-14-9)5-11(10(15)16)1-3-17-4-2-11/h6-7H,1-5H2,(H,15,16). The van der Waals surface area contributed by atoms with Crippen LogP contribution in [0.25, 0.3) is 0 Å². The number of aromatic nitrogens is 2. The zero-order valence-electron chi connectivity index (χ0n) is 9.23. The van der Waals surface area contributed by atoms with Gasteiger partial charge in [0.15, 0.2) is 0 Å². The Kier molecular flexibility index (Phi) is 3.59. The average Bonchev–Trinajstić information content (AvgIpc) is 2.33. The van der Waals surface area contributed by atoms with Crippen molar-refractivity contribution in [3.05, 3.63) is 23.2 Å². The number of rotatable bonds is 3. The Morgan fingerprint density at radius 1 is 1.41 bits per heavy atom. The van der Waals surface area contributed by atoms with Crippen molar-refractivity contribution in [2.24, 2.45) is 5.41 Å². The number of aliphatic carboxylic acids is 1. The normalized spacial score (nSPS) is 18.9. The number of nitrogens with zero attached hydrogens (tertiary/aromatic N) is 2. The first-order valence-electron chi connectivity index (χ1n) is 5.40. The molecule has 0 saturated carbocycles. The molecule has 2 rings (SSSR count). The molecule has 1 saturated heterocycles. The van der Waals surface area contributed by atoms with Crippen molar-refractivity contribution in [2.75, 3.05) is 13.2 Å². The van der Waals surface area contributed by atoms with E-state index < -0.39 is 11.4 Å². The molecule has 6 heteroatoms. The predicted octanol–water partition coefficient (Wildman–Crippen LogP) is 1.55. The minimum atomic E-state index is -0.794. The van der Waals surface area contributed by atoms with Crippen LogP contribution in [0.3, 0.4) is 0 Å². The molecule has 0 atom stereocenters. The Bertz CT molecular complexity index is 402. The minimum absolute atomic E-state index is 0.310. The Balaban J connectivity index is 2.17. The molecule has 0 aliphatic carbocycles. The van der Waals surface area contributed by atoms with Crippen LogP contribution < -0.4 is 0 Å². The summed E-state index contributed by atoms with van der Waals surface area (Å²) in [6.07, 6.45) is 4.35. The maximum absolute atomic E-state index is 11.4. The highest BCUT2D eigenvalue weighted by Gasteiger charge is 2.40. The number of halogens is 1. The third kappa shape index (κ3) is 2.73. The molecule has 0 spiro atoms. The second-order valence-electron chi connectivity index (χ2n) is 4.21. The molecule has 0 unspecified atom stereocenters. The van der Waals surface area contributed by atoms with Crippen LogP contribution in [0.1, 0.15) is 18.5 Å². The Labute approximate surface area is 104 Å². The highest BCUT2D eigenvalue weighted by molar-refractivity contribution is 6.29. The van der Waals surface area contributed by atoms with Gasteiger partial charge in [0.05, 0.1) is 23.5 Å². The summed E-state index contributed by atoms with van der Waals surface area (Å²) < 4.78 is 5.21. The van der Waals surface area contributed by atoms with Crippen LogP contribution in [0.5, 0.6) is 0 Å². The zero-order chi connectivity index (χ0) is 12.3. The number of ether oxygens (including phenoxy) is 1. The van der Waals surface area contributed by atoms with Crippen molar-refractivity contribution >= 4 is 17.6 Å². The first-order valence-corrected chi connectivity index (χ1v) is 5.78. The van der Waals surface area contributed by atoms with E-state index in [4.69, 9.17) is 16.3 Å². The quantitative estimate of drug-likeness (QED) is 0.888. The number of hydrogen-bond donors (Lipinski definition) is 1. The van der Waals surface area contributed by atoms with E-state index in [1.807, 2.05) is 0 Å². The molecule has 1 aromatic heterocycles. The summed E-state index contributed by atoms with van der Waals surface area (Å²) in [5.41, 5.74) is -0.125. The van der Waals surface area contributed by atoms with Crippen LogP contribution in [0.4, 0.5) is 0 Å². The van der Waals surface area contributed by atoms with Crippen LogP contribution in [0.15, 0.2) is 12.4 Å². The molecule has 0 amide bonds. The summed E-state index contributed by atoms with van der Waals surface area (Å²) in [5.74, 6) is -0.794. The van der Waals surface area contributed by atoms with Crippen LogP contribution >= 0.6 is 11.6 Å². The van der Waals surface area contributed by atoms with Crippen molar-refractivity contribution in [3.63, 3.8) is 0 Å². The van der Waals surface area contributed by atoms with Gasteiger partial charge in [-0.1, -0.05) is 11.6 Å². The van der Waals surface area contributed by atoms with Crippen LogP contribution in [-0.4, -0.2) is 34.3 Å². The molecular weight excluding hydrogens is 244 g/mol. The third-order valence-corrected chi connectivity index (χ3v) is 3.29. The second kappa shape index (κ2) is 4.98. The van der Waals surface area contributed by atoms with Crippen LogP contribution in [0, 0.1) is 5.41 Å².